The SMILES string of the molecule is COCCOC(=O)CCc1cc2c(C)cc(=O)oc2c2c1OCN(CCc1ccccc1Cl)C2. The van der Waals surface area contributed by atoms with E-state index in [9.17, 15) is 9.59 Å². The van der Waals surface area contributed by atoms with Crippen molar-refractivity contribution in [1.29, 1.82) is 0 Å². The molecule has 1 aliphatic rings. The van der Waals surface area contributed by atoms with Crippen molar-refractivity contribution in [3.8, 4) is 5.75 Å². The number of aryl methyl sites for hydroxylation is 2. The van der Waals surface area contributed by atoms with Crippen LogP contribution in [-0.2, 0) is 33.7 Å². The molecule has 3 aromatic rings. The number of benzene rings is 2. The highest BCUT2D eigenvalue weighted by Gasteiger charge is 2.25. The smallest absolute Gasteiger partial charge is 0.336 e. The average Bonchev–Trinajstić information content (AvgIpc) is 2.82. The van der Waals surface area contributed by atoms with Crippen molar-refractivity contribution >= 4 is 28.5 Å². The molecule has 8 heteroatoms. The van der Waals surface area contributed by atoms with Crippen LogP contribution < -0.4 is 10.4 Å². The van der Waals surface area contributed by atoms with E-state index < -0.39 is 5.63 Å². The molecule has 1 aliphatic heterocycles. The zero-order valence-corrected chi connectivity index (χ0v) is 20.2. The summed E-state index contributed by atoms with van der Waals surface area (Å²) in [4.78, 5) is 26.4. The molecule has 0 fully saturated rings. The fourth-order valence-corrected chi connectivity index (χ4v) is 4.39. The maximum atomic E-state index is 12.1. The minimum atomic E-state index is -0.394. The summed E-state index contributed by atoms with van der Waals surface area (Å²) in [6.45, 7) is 4.16. The van der Waals surface area contributed by atoms with E-state index in [-0.39, 0.29) is 19.0 Å². The van der Waals surface area contributed by atoms with Gasteiger partial charge in [-0.2, -0.15) is 0 Å². The summed E-state index contributed by atoms with van der Waals surface area (Å²) >= 11 is 6.31. The molecule has 7 nitrogen and oxygen atoms in total. The van der Waals surface area contributed by atoms with Crippen LogP contribution in [0.15, 0.2) is 45.6 Å². The molecule has 1 aromatic heterocycles. The minimum absolute atomic E-state index is 0.219. The third-order valence-electron chi connectivity index (χ3n) is 5.94. The summed E-state index contributed by atoms with van der Waals surface area (Å²) in [6.07, 6.45) is 1.45. The number of hydrogen-bond acceptors (Lipinski definition) is 7. The van der Waals surface area contributed by atoms with Crippen molar-refractivity contribution in [3.63, 3.8) is 0 Å². The van der Waals surface area contributed by atoms with Gasteiger partial charge in [-0.1, -0.05) is 29.8 Å². The lowest BCUT2D eigenvalue weighted by Gasteiger charge is -2.31. The predicted octanol–water partition coefficient (Wildman–Crippen LogP) is 4.27. The van der Waals surface area contributed by atoms with E-state index in [0.717, 1.165) is 45.6 Å². The first-order valence-corrected chi connectivity index (χ1v) is 11.7. The van der Waals surface area contributed by atoms with E-state index >= 15 is 0 Å². The number of fused-ring (bicyclic) bond motifs is 3. The molecule has 0 saturated carbocycles. The van der Waals surface area contributed by atoms with Crippen LogP contribution in [0.2, 0.25) is 5.02 Å². The number of methoxy groups -OCH3 is 1. The number of halogens is 1. The predicted molar refractivity (Wildman–Crippen MR) is 129 cm³/mol. The average molecular weight is 486 g/mol. The molecule has 0 radical (unpaired) electrons. The number of carbonyl (C=O) groups is 1. The van der Waals surface area contributed by atoms with E-state index in [2.05, 4.69) is 4.90 Å². The molecule has 0 atom stereocenters. The second-order valence-corrected chi connectivity index (χ2v) is 8.76. The third-order valence-corrected chi connectivity index (χ3v) is 6.31. The molecule has 180 valence electrons. The normalized spacial score (nSPS) is 13.5. The first-order valence-electron chi connectivity index (χ1n) is 11.3. The van der Waals surface area contributed by atoms with Crippen LogP contribution in [0.5, 0.6) is 5.75 Å². The van der Waals surface area contributed by atoms with Crippen LogP contribution in [0.25, 0.3) is 11.0 Å². The molecule has 0 bridgehead atoms. The molecule has 4 rings (SSSR count). The highest BCUT2D eigenvalue weighted by atomic mass is 35.5. The van der Waals surface area contributed by atoms with Crippen molar-refractivity contribution in [2.75, 3.05) is 33.6 Å². The Morgan fingerprint density at radius 2 is 1.97 bits per heavy atom. The lowest BCUT2D eigenvalue weighted by atomic mass is 9.97. The largest absolute Gasteiger partial charge is 0.477 e. The number of esters is 1. The molecule has 34 heavy (non-hydrogen) atoms. The van der Waals surface area contributed by atoms with Crippen molar-refractivity contribution in [2.45, 2.75) is 32.7 Å². The van der Waals surface area contributed by atoms with Gasteiger partial charge < -0.3 is 18.6 Å². The van der Waals surface area contributed by atoms with Gasteiger partial charge in [-0.25, -0.2) is 4.79 Å². The maximum absolute atomic E-state index is 12.1. The maximum Gasteiger partial charge on any atom is 0.336 e. The quantitative estimate of drug-likeness (QED) is 0.254. The van der Waals surface area contributed by atoms with Gasteiger partial charge >= 0.3 is 11.6 Å². The van der Waals surface area contributed by atoms with Gasteiger partial charge in [0.2, 0.25) is 0 Å². The molecule has 2 aromatic carbocycles. The fraction of sp³-hybridized carbons (Fsp3) is 0.385. The highest BCUT2D eigenvalue weighted by Crippen LogP contribution is 2.37. The Morgan fingerprint density at radius 1 is 1.15 bits per heavy atom. The van der Waals surface area contributed by atoms with Crippen molar-refractivity contribution in [2.24, 2.45) is 0 Å². The number of rotatable bonds is 9. The van der Waals surface area contributed by atoms with Gasteiger partial charge in [0.1, 0.15) is 24.7 Å². The van der Waals surface area contributed by atoms with E-state index in [1.54, 1.807) is 7.11 Å². The zero-order chi connectivity index (χ0) is 24.1. The molecule has 0 aliphatic carbocycles. The Balaban J connectivity index is 1.58. The summed E-state index contributed by atoms with van der Waals surface area (Å²) in [6, 6.07) is 11.2. The number of hydrogen-bond donors (Lipinski definition) is 0. The van der Waals surface area contributed by atoms with Crippen LogP contribution in [0.1, 0.15) is 28.7 Å². The topological polar surface area (TPSA) is 78.2 Å². The summed E-state index contributed by atoms with van der Waals surface area (Å²) in [5.74, 6) is 0.388. The summed E-state index contributed by atoms with van der Waals surface area (Å²) in [7, 11) is 1.56. The molecule has 0 N–H and O–H groups in total. The second-order valence-electron chi connectivity index (χ2n) is 8.35. The van der Waals surface area contributed by atoms with Gasteiger partial charge in [0.25, 0.3) is 0 Å². The van der Waals surface area contributed by atoms with Crippen LogP contribution in [0.3, 0.4) is 0 Å². The first kappa shape index (κ1) is 24.3. The lowest BCUT2D eigenvalue weighted by molar-refractivity contribution is -0.144. The fourth-order valence-electron chi connectivity index (χ4n) is 4.16. The van der Waals surface area contributed by atoms with Crippen molar-refractivity contribution in [3.05, 3.63) is 74.1 Å². The number of nitrogens with zero attached hydrogens (tertiary/aromatic N) is 1. The van der Waals surface area contributed by atoms with Gasteiger partial charge in [0.15, 0.2) is 0 Å². The zero-order valence-electron chi connectivity index (χ0n) is 19.4. The number of carbonyl (C=O) groups excluding carboxylic acids is 1. The highest BCUT2D eigenvalue weighted by molar-refractivity contribution is 6.31. The first-order chi connectivity index (χ1) is 16.5. The Morgan fingerprint density at radius 3 is 2.76 bits per heavy atom. The summed E-state index contributed by atoms with van der Waals surface area (Å²) in [5, 5.41) is 1.59. The molecule has 0 amide bonds. The summed E-state index contributed by atoms with van der Waals surface area (Å²) < 4.78 is 21.9. The van der Waals surface area contributed by atoms with Crippen LogP contribution >= 0.6 is 11.6 Å². The van der Waals surface area contributed by atoms with Crippen molar-refractivity contribution in [1.82, 2.24) is 4.90 Å². The van der Waals surface area contributed by atoms with E-state index in [1.165, 1.54) is 6.07 Å². The van der Waals surface area contributed by atoms with Crippen molar-refractivity contribution < 1.29 is 23.4 Å². The summed E-state index contributed by atoms with van der Waals surface area (Å²) in [5.41, 5.74) is 3.76. The minimum Gasteiger partial charge on any atom is -0.477 e. The van der Waals surface area contributed by atoms with Crippen LogP contribution in [0, 0.1) is 6.92 Å². The van der Waals surface area contributed by atoms with E-state index in [1.807, 2.05) is 37.3 Å². The monoisotopic (exact) mass is 485 g/mol. The molecule has 2 heterocycles. The van der Waals surface area contributed by atoms with Crippen LogP contribution in [-0.4, -0.2) is 44.5 Å². The standard InChI is InChI=1S/C26H28ClNO6/c1-17-13-24(30)34-26-20(17)14-19(7-8-23(29)32-12-11-31-2)25-21(26)15-28(16-33-25)10-9-18-5-3-4-6-22(18)27/h3-6,13-14H,7-12,15-16H2,1-2H3. The van der Waals surface area contributed by atoms with Gasteiger partial charge in [-0.15, -0.1) is 0 Å². The Labute approximate surface area is 203 Å². The Bertz CT molecular complexity index is 1240. The van der Waals surface area contributed by atoms with E-state index in [0.29, 0.717) is 37.6 Å². The van der Waals surface area contributed by atoms with Gasteiger partial charge in [0.05, 0.1) is 12.2 Å². The Hall–Kier alpha value is -2.87. The lowest BCUT2D eigenvalue weighted by Crippen LogP contribution is -2.34. The van der Waals surface area contributed by atoms with Gasteiger partial charge in [-0.05, 0) is 48.6 Å². The molecule has 0 unspecified atom stereocenters. The van der Waals surface area contributed by atoms with Gasteiger partial charge in [-0.3, -0.25) is 9.69 Å². The molecule has 0 saturated heterocycles. The van der Waals surface area contributed by atoms with Crippen LogP contribution in [0.4, 0.5) is 0 Å². The molecular formula is C26H28ClNO6. The van der Waals surface area contributed by atoms with Gasteiger partial charge in [0, 0.05) is 43.1 Å². The Kier molecular flexibility index (Phi) is 7.88. The third kappa shape index (κ3) is 5.60. The molecular weight excluding hydrogens is 458 g/mol. The molecule has 0 spiro atoms. The van der Waals surface area contributed by atoms with E-state index in [4.69, 9.17) is 30.2 Å². The second kappa shape index (κ2) is 11.0. The number of ether oxygens (including phenoxy) is 3.